The van der Waals surface area contributed by atoms with E-state index in [2.05, 4.69) is 0 Å². The highest BCUT2D eigenvalue weighted by Crippen LogP contribution is 2.26. The third kappa shape index (κ3) is 1.57. The molecule has 2 nitrogen and oxygen atoms in total. The highest BCUT2D eigenvalue weighted by molar-refractivity contribution is 5.31. The third-order valence-electron chi connectivity index (χ3n) is 2.36. The van der Waals surface area contributed by atoms with Gasteiger partial charge >= 0.3 is 0 Å². The zero-order chi connectivity index (χ0) is 9.26. The number of ether oxygens (including phenoxy) is 1. The van der Waals surface area contributed by atoms with Gasteiger partial charge in [-0.3, -0.25) is 0 Å². The molecule has 0 aromatic heterocycles. The maximum absolute atomic E-state index is 12.9. The van der Waals surface area contributed by atoms with E-state index in [0.29, 0.717) is 13.2 Å². The van der Waals surface area contributed by atoms with Crippen molar-refractivity contribution in [1.29, 1.82) is 0 Å². The summed E-state index contributed by atoms with van der Waals surface area (Å²) >= 11 is 0. The summed E-state index contributed by atoms with van der Waals surface area (Å²) in [5, 5.41) is 0. The minimum atomic E-state index is -0.184. The van der Waals surface area contributed by atoms with E-state index in [1.54, 1.807) is 12.1 Å². The Bertz CT molecular complexity index is 314. The Morgan fingerprint density at radius 2 is 2.38 bits per heavy atom. The van der Waals surface area contributed by atoms with E-state index in [1.807, 2.05) is 0 Å². The van der Waals surface area contributed by atoms with Gasteiger partial charge in [-0.25, -0.2) is 4.39 Å². The van der Waals surface area contributed by atoms with Crippen molar-refractivity contribution in [3.8, 4) is 0 Å². The van der Waals surface area contributed by atoms with E-state index in [-0.39, 0.29) is 11.9 Å². The van der Waals surface area contributed by atoms with Gasteiger partial charge in [-0.15, -0.1) is 0 Å². The predicted molar refractivity (Wildman–Crippen MR) is 47.9 cm³/mol. The van der Waals surface area contributed by atoms with Gasteiger partial charge in [-0.1, -0.05) is 6.07 Å². The summed E-state index contributed by atoms with van der Waals surface area (Å²) in [4.78, 5) is 0. The molecule has 0 saturated heterocycles. The quantitative estimate of drug-likeness (QED) is 0.710. The van der Waals surface area contributed by atoms with Gasteiger partial charge < -0.3 is 10.5 Å². The van der Waals surface area contributed by atoms with Crippen molar-refractivity contribution in [2.75, 3.05) is 13.2 Å². The first kappa shape index (κ1) is 8.66. The van der Waals surface area contributed by atoms with Crippen LogP contribution in [0.1, 0.15) is 17.2 Å². The van der Waals surface area contributed by atoms with Gasteiger partial charge in [0.15, 0.2) is 0 Å². The second-order valence-corrected chi connectivity index (χ2v) is 3.19. The number of halogens is 1. The van der Waals surface area contributed by atoms with Crippen molar-refractivity contribution in [3.05, 3.63) is 35.1 Å². The normalized spacial score (nSPS) is 21.2. The van der Waals surface area contributed by atoms with Crippen molar-refractivity contribution >= 4 is 0 Å². The minimum Gasteiger partial charge on any atom is -0.372 e. The Morgan fingerprint density at radius 1 is 1.54 bits per heavy atom. The summed E-state index contributed by atoms with van der Waals surface area (Å²) in [5.74, 6) is -0.184. The van der Waals surface area contributed by atoms with Crippen LogP contribution in [0, 0.1) is 5.82 Å². The second-order valence-electron chi connectivity index (χ2n) is 3.19. The highest BCUT2D eigenvalue weighted by Gasteiger charge is 2.19. The molecule has 1 aliphatic rings. The smallest absolute Gasteiger partial charge is 0.123 e. The maximum atomic E-state index is 12.9. The van der Waals surface area contributed by atoms with E-state index in [9.17, 15) is 4.39 Å². The molecule has 2 rings (SSSR count). The Morgan fingerprint density at radius 3 is 3.15 bits per heavy atom. The van der Waals surface area contributed by atoms with Crippen molar-refractivity contribution in [3.63, 3.8) is 0 Å². The van der Waals surface area contributed by atoms with Gasteiger partial charge in [0.05, 0.1) is 12.7 Å². The Balaban J connectivity index is 2.40. The van der Waals surface area contributed by atoms with Crippen LogP contribution in [0.3, 0.4) is 0 Å². The van der Waals surface area contributed by atoms with E-state index >= 15 is 0 Å². The van der Waals surface area contributed by atoms with Crippen LogP contribution in [0.15, 0.2) is 18.2 Å². The summed E-state index contributed by atoms with van der Waals surface area (Å²) in [6.45, 7) is 1.09. The number of hydrogen-bond donors (Lipinski definition) is 1. The molecule has 1 aliphatic heterocycles. The molecule has 1 aromatic carbocycles. The van der Waals surface area contributed by atoms with Crippen LogP contribution in [-0.4, -0.2) is 13.2 Å². The van der Waals surface area contributed by atoms with Gasteiger partial charge in [-0.05, 0) is 29.7 Å². The fourth-order valence-corrected chi connectivity index (χ4v) is 1.70. The van der Waals surface area contributed by atoms with Crippen molar-refractivity contribution in [2.45, 2.75) is 12.5 Å². The zero-order valence-electron chi connectivity index (χ0n) is 7.29. The maximum Gasteiger partial charge on any atom is 0.123 e. The van der Waals surface area contributed by atoms with Gasteiger partial charge in [0.2, 0.25) is 0 Å². The molecule has 1 aromatic rings. The molecule has 0 bridgehead atoms. The van der Waals surface area contributed by atoms with Crippen LogP contribution in [-0.2, 0) is 11.2 Å². The number of fused-ring (bicyclic) bond motifs is 1. The van der Waals surface area contributed by atoms with Crippen LogP contribution in [0.2, 0.25) is 0 Å². The lowest BCUT2D eigenvalue weighted by Crippen LogP contribution is -2.23. The molecule has 2 N–H and O–H groups in total. The first-order valence-electron chi connectivity index (χ1n) is 4.41. The third-order valence-corrected chi connectivity index (χ3v) is 2.36. The van der Waals surface area contributed by atoms with E-state index in [0.717, 1.165) is 17.5 Å². The predicted octanol–water partition coefficient (Wildman–Crippen LogP) is 1.40. The van der Waals surface area contributed by atoms with Crippen molar-refractivity contribution in [2.24, 2.45) is 5.73 Å². The molecule has 0 fully saturated rings. The average molecular weight is 181 g/mol. The molecular weight excluding hydrogens is 169 g/mol. The summed E-state index contributed by atoms with van der Waals surface area (Å²) < 4.78 is 18.3. The van der Waals surface area contributed by atoms with Gasteiger partial charge in [0, 0.05) is 6.54 Å². The number of benzene rings is 1. The summed E-state index contributed by atoms with van der Waals surface area (Å²) in [6.07, 6.45) is 0.730. The molecule has 1 heterocycles. The minimum absolute atomic E-state index is 0.0515. The average Bonchev–Trinajstić information content (AvgIpc) is 2.16. The second kappa shape index (κ2) is 3.44. The van der Waals surface area contributed by atoms with Crippen LogP contribution >= 0.6 is 0 Å². The van der Waals surface area contributed by atoms with Crippen LogP contribution in [0.4, 0.5) is 4.39 Å². The van der Waals surface area contributed by atoms with Crippen molar-refractivity contribution < 1.29 is 9.13 Å². The first-order valence-corrected chi connectivity index (χ1v) is 4.41. The van der Waals surface area contributed by atoms with Crippen LogP contribution in [0.5, 0.6) is 0 Å². The van der Waals surface area contributed by atoms with Gasteiger partial charge in [0.1, 0.15) is 5.82 Å². The topological polar surface area (TPSA) is 35.2 Å². The molecule has 3 heteroatoms. The molecule has 13 heavy (non-hydrogen) atoms. The highest BCUT2D eigenvalue weighted by atomic mass is 19.1. The summed E-state index contributed by atoms with van der Waals surface area (Å²) in [5.41, 5.74) is 7.60. The van der Waals surface area contributed by atoms with Gasteiger partial charge in [0.25, 0.3) is 0 Å². The van der Waals surface area contributed by atoms with E-state index in [4.69, 9.17) is 10.5 Å². The fourth-order valence-electron chi connectivity index (χ4n) is 1.70. The number of nitrogens with two attached hydrogens (primary N) is 1. The number of hydrogen-bond acceptors (Lipinski definition) is 2. The van der Waals surface area contributed by atoms with Gasteiger partial charge in [-0.2, -0.15) is 0 Å². The van der Waals surface area contributed by atoms with Crippen LogP contribution in [0.25, 0.3) is 0 Å². The molecule has 1 unspecified atom stereocenters. The summed E-state index contributed by atoms with van der Waals surface area (Å²) in [6, 6.07) is 4.79. The molecule has 0 radical (unpaired) electrons. The standard InChI is InChI=1S/C10H12FNO/c11-8-1-2-9-7(5-8)3-4-13-10(9)6-12/h1-2,5,10H,3-4,6,12H2. The lowest BCUT2D eigenvalue weighted by molar-refractivity contribution is 0.0483. The molecule has 0 aliphatic carbocycles. The Kier molecular flexibility index (Phi) is 2.29. The zero-order valence-corrected chi connectivity index (χ0v) is 7.29. The Labute approximate surface area is 76.5 Å². The van der Waals surface area contributed by atoms with E-state index in [1.165, 1.54) is 6.07 Å². The molecule has 70 valence electrons. The molecule has 0 spiro atoms. The molecular formula is C10H12FNO. The monoisotopic (exact) mass is 181 g/mol. The largest absolute Gasteiger partial charge is 0.372 e. The lowest BCUT2D eigenvalue weighted by atomic mass is 9.97. The SMILES string of the molecule is NCC1OCCc2cc(F)ccc21. The van der Waals surface area contributed by atoms with Crippen LogP contribution < -0.4 is 5.73 Å². The Hall–Kier alpha value is -0.930. The number of rotatable bonds is 1. The molecule has 0 amide bonds. The van der Waals surface area contributed by atoms with E-state index < -0.39 is 0 Å². The van der Waals surface area contributed by atoms with Crippen molar-refractivity contribution in [1.82, 2.24) is 0 Å². The fraction of sp³-hybridized carbons (Fsp3) is 0.400. The summed E-state index contributed by atoms with van der Waals surface area (Å²) in [7, 11) is 0. The first-order chi connectivity index (χ1) is 6.31. The molecule has 0 saturated carbocycles. The molecule has 1 atom stereocenters. The lowest BCUT2D eigenvalue weighted by Gasteiger charge is -2.24.